The van der Waals surface area contributed by atoms with Crippen molar-refractivity contribution in [3.63, 3.8) is 0 Å². The molecule has 0 unspecified atom stereocenters. The van der Waals surface area contributed by atoms with Crippen molar-refractivity contribution in [3.8, 4) is 11.5 Å². The Kier molecular flexibility index (Phi) is 5.14. The second kappa shape index (κ2) is 7.26. The molecule has 22 heavy (non-hydrogen) atoms. The maximum absolute atomic E-state index is 11.0. The van der Waals surface area contributed by atoms with Crippen LogP contribution in [0.25, 0.3) is 0 Å². The maximum atomic E-state index is 11.0. The third kappa shape index (κ3) is 3.85. The highest BCUT2D eigenvalue weighted by molar-refractivity contribution is 5.87. The molecule has 0 aliphatic carbocycles. The summed E-state index contributed by atoms with van der Waals surface area (Å²) in [5.41, 5.74) is 1.44. The molecule has 0 aliphatic heterocycles. The first-order valence-corrected chi connectivity index (χ1v) is 6.77. The fourth-order valence-corrected chi connectivity index (χ4v) is 1.81. The lowest BCUT2D eigenvalue weighted by Gasteiger charge is -2.15. The van der Waals surface area contributed by atoms with Crippen LogP contribution >= 0.6 is 0 Å². The molecule has 2 aromatic carbocycles. The highest BCUT2D eigenvalue weighted by atomic mass is 16.5. The van der Waals surface area contributed by atoms with Gasteiger partial charge in [-0.3, -0.25) is 4.99 Å². The van der Waals surface area contributed by atoms with Gasteiger partial charge in [0, 0.05) is 11.8 Å². The molecule has 0 saturated heterocycles. The number of methoxy groups -OCH3 is 1. The minimum Gasteiger partial charge on any atom is -0.493 e. The summed E-state index contributed by atoms with van der Waals surface area (Å²) in [6, 6.07) is 14.7. The fraction of sp³-hybridized carbons (Fsp3) is 0.176. The summed E-state index contributed by atoms with van der Waals surface area (Å²) in [7, 11) is 1.51. The zero-order valence-electron chi connectivity index (χ0n) is 12.4. The Bertz CT molecular complexity index is 668. The molecule has 0 radical (unpaired) electrons. The summed E-state index contributed by atoms with van der Waals surface area (Å²) in [4.78, 5) is 15.4. The van der Waals surface area contributed by atoms with Gasteiger partial charge >= 0.3 is 5.97 Å². The summed E-state index contributed by atoms with van der Waals surface area (Å²) in [5.74, 6) is -0.221. The van der Waals surface area contributed by atoms with Crippen LogP contribution in [-0.2, 0) is 4.79 Å². The fourth-order valence-electron chi connectivity index (χ4n) is 1.81. The quantitative estimate of drug-likeness (QED) is 0.831. The standard InChI is InChI=1S/C17H17NO4/c1-12(17(19)20)22-16-13(7-6-10-15(16)21-2)11-18-14-8-4-3-5-9-14/h3-12H,1-2H3,(H,19,20)/t12-/m1/s1. The minimum absolute atomic E-state index is 0.361. The molecule has 1 N–H and O–H groups in total. The number of nitrogens with zero attached hydrogens (tertiary/aromatic N) is 1. The van der Waals surface area contributed by atoms with Crippen LogP contribution in [0.3, 0.4) is 0 Å². The van der Waals surface area contributed by atoms with E-state index in [1.54, 1.807) is 24.4 Å². The first kappa shape index (κ1) is 15.6. The van der Waals surface area contributed by atoms with Gasteiger partial charge in [-0.1, -0.05) is 24.3 Å². The Morgan fingerprint density at radius 3 is 2.55 bits per heavy atom. The number of carbonyl (C=O) groups is 1. The number of benzene rings is 2. The zero-order valence-corrected chi connectivity index (χ0v) is 12.4. The largest absolute Gasteiger partial charge is 0.493 e. The summed E-state index contributed by atoms with van der Waals surface area (Å²) >= 11 is 0. The molecule has 2 aromatic rings. The number of aliphatic imine (C=N–C) groups is 1. The van der Waals surface area contributed by atoms with E-state index in [0.717, 1.165) is 5.69 Å². The number of carboxylic acids is 1. The van der Waals surface area contributed by atoms with Gasteiger partial charge in [0.1, 0.15) is 0 Å². The lowest BCUT2D eigenvalue weighted by atomic mass is 10.2. The van der Waals surface area contributed by atoms with E-state index in [0.29, 0.717) is 17.1 Å². The molecule has 0 heterocycles. The molecular weight excluding hydrogens is 282 g/mol. The van der Waals surface area contributed by atoms with Gasteiger partial charge in [0.15, 0.2) is 17.6 Å². The molecule has 0 saturated carbocycles. The van der Waals surface area contributed by atoms with Gasteiger partial charge in [-0.25, -0.2) is 4.79 Å². The van der Waals surface area contributed by atoms with Gasteiger partial charge in [-0.15, -0.1) is 0 Å². The summed E-state index contributed by atoms with van der Waals surface area (Å²) in [5, 5.41) is 9.01. The molecule has 0 amide bonds. The summed E-state index contributed by atoms with van der Waals surface area (Å²) in [6.45, 7) is 1.47. The molecule has 0 bridgehead atoms. The SMILES string of the molecule is COc1cccc(C=Nc2ccccc2)c1O[C@H](C)C(=O)O. The van der Waals surface area contributed by atoms with Crippen molar-refractivity contribution in [2.75, 3.05) is 7.11 Å². The highest BCUT2D eigenvalue weighted by Crippen LogP contribution is 2.31. The average Bonchev–Trinajstić information content (AvgIpc) is 2.54. The van der Waals surface area contributed by atoms with E-state index >= 15 is 0 Å². The number of hydrogen-bond acceptors (Lipinski definition) is 4. The Morgan fingerprint density at radius 1 is 1.18 bits per heavy atom. The van der Waals surface area contributed by atoms with E-state index in [9.17, 15) is 4.79 Å². The Labute approximate surface area is 128 Å². The number of ether oxygens (including phenoxy) is 2. The van der Waals surface area contributed by atoms with Crippen molar-refractivity contribution in [1.29, 1.82) is 0 Å². The van der Waals surface area contributed by atoms with E-state index in [1.807, 2.05) is 30.3 Å². The summed E-state index contributed by atoms with van der Waals surface area (Å²) in [6.07, 6.45) is 0.641. The molecule has 114 valence electrons. The number of rotatable bonds is 6. The highest BCUT2D eigenvalue weighted by Gasteiger charge is 2.17. The molecule has 0 aliphatic rings. The van der Waals surface area contributed by atoms with Crippen LogP contribution in [-0.4, -0.2) is 30.5 Å². The molecular formula is C17H17NO4. The Morgan fingerprint density at radius 2 is 1.91 bits per heavy atom. The van der Waals surface area contributed by atoms with Crippen LogP contribution in [0.5, 0.6) is 11.5 Å². The van der Waals surface area contributed by atoms with Crippen molar-refractivity contribution in [2.45, 2.75) is 13.0 Å². The normalized spacial score (nSPS) is 12.1. The van der Waals surface area contributed by atoms with Crippen LogP contribution in [0.4, 0.5) is 5.69 Å². The van der Waals surface area contributed by atoms with Crippen molar-refractivity contribution in [2.24, 2.45) is 4.99 Å². The van der Waals surface area contributed by atoms with Gasteiger partial charge in [0.2, 0.25) is 0 Å². The van der Waals surface area contributed by atoms with E-state index in [-0.39, 0.29) is 0 Å². The average molecular weight is 299 g/mol. The molecule has 2 rings (SSSR count). The first-order valence-electron chi connectivity index (χ1n) is 6.77. The van der Waals surface area contributed by atoms with E-state index in [1.165, 1.54) is 14.0 Å². The smallest absolute Gasteiger partial charge is 0.344 e. The molecule has 5 heteroatoms. The molecule has 1 atom stereocenters. The Hall–Kier alpha value is -2.82. The number of aliphatic carboxylic acids is 1. The predicted molar refractivity (Wildman–Crippen MR) is 84.4 cm³/mol. The van der Waals surface area contributed by atoms with Crippen molar-refractivity contribution < 1.29 is 19.4 Å². The lowest BCUT2D eigenvalue weighted by molar-refractivity contribution is -0.144. The number of hydrogen-bond donors (Lipinski definition) is 1. The monoisotopic (exact) mass is 299 g/mol. The van der Waals surface area contributed by atoms with Crippen LogP contribution in [0.2, 0.25) is 0 Å². The second-order valence-electron chi connectivity index (χ2n) is 4.57. The van der Waals surface area contributed by atoms with Gasteiger partial charge in [-0.05, 0) is 31.2 Å². The predicted octanol–water partition coefficient (Wildman–Crippen LogP) is 3.30. The second-order valence-corrected chi connectivity index (χ2v) is 4.57. The van der Waals surface area contributed by atoms with E-state index in [2.05, 4.69) is 4.99 Å². The maximum Gasteiger partial charge on any atom is 0.344 e. The topological polar surface area (TPSA) is 68.1 Å². The first-order chi connectivity index (χ1) is 10.6. The zero-order chi connectivity index (χ0) is 15.9. The van der Waals surface area contributed by atoms with Crippen molar-refractivity contribution in [1.82, 2.24) is 0 Å². The van der Waals surface area contributed by atoms with Crippen molar-refractivity contribution in [3.05, 3.63) is 54.1 Å². The van der Waals surface area contributed by atoms with Crippen LogP contribution in [0.15, 0.2) is 53.5 Å². The van der Waals surface area contributed by atoms with Crippen LogP contribution in [0, 0.1) is 0 Å². The Balaban J connectivity index is 2.34. The van der Waals surface area contributed by atoms with Gasteiger partial charge in [-0.2, -0.15) is 0 Å². The van der Waals surface area contributed by atoms with Crippen molar-refractivity contribution >= 4 is 17.9 Å². The van der Waals surface area contributed by atoms with E-state index < -0.39 is 12.1 Å². The third-order valence-electron chi connectivity index (χ3n) is 2.98. The summed E-state index contributed by atoms with van der Waals surface area (Å²) < 4.78 is 10.7. The van der Waals surface area contributed by atoms with Crippen LogP contribution in [0.1, 0.15) is 12.5 Å². The molecule has 0 aromatic heterocycles. The molecule has 5 nitrogen and oxygen atoms in total. The number of carboxylic acid groups (broad SMARTS) is 1. The molecule has 0 fully saturated rings. The van der Waals surface area contributed by atoms with E-state index in [4.69, 9.17) is 14.6 Å². The van der Waals surface area contributed by atoms with Gasteiger partial charge < -0.3 is 14.6 Å². The number of para-hydroxylation sites is 2. The molecule has 0 spiro atoms. The lowest BCUT2D eigenvalue weighted by Crippen LogP contribution is -2.23. The minimum atomic E-state index is -1.04. The third-order valence-corrected chi connectivity index (χ3v) is 2.98. The van der Waals surface area contributed by atoms with Crippen LogP contribution < -0.4 is 9.47 Å². The van der Waals surface area contributed by atoms with Gasteiger partial charge in [0.25, 0.3) is 0 Å². The van der Waals surface area contributed by atoms with Gasteiger partial charge in [0.05, 0.1) is 12.8 Å².